The van der Waals surface area contributed by atoms with Gasteiger partial charge in [0, 0.05) is 32.2 Å². The fourth-order valence-corrected chi connectivity index (χ4v) is 6.09. The van der Waals surface area contributed by atoms with Gasteiger partial charge in [0.25, 0.3) is 0 Å². The lowest BCUT2D eigenvalue weighted by Crippen LogP contribution is -2.47. The van der Waals surface area contributed by atoms with Crippen LogP contribution in [0.25, 0.3) is 0 Å². The van der Waals surface area contributed by atoms with Crippen LogP contribution in [0.4, 0.5) is 11.5 Å². The van der Waals surface area contributed by atoms with E-state index in [2.05, 4.69) is 38.5 Å². The third-order valence-electron chi connectivity index (χ3n) is 8.16. The molecule has 8 heteroatoms. The largest absolute Gasteiger partial charge is 0.405 e. The molecule has 1 aromatic heterocycles. The number of piperazine rings is 1. The second-order valence-corrected chi connectivity index (χ2v) is 10.8. The number of pyridine rings is 1. The van der Waals surface area contributed by atoms with Gasteiger partial charge in [-0.3, -0.25) is 14.7 Å². The lowest BCUT2D eigenvalue weighted by atomic mass is 9.74. The summed E-state index contributed by atoms with van der Waals surface area (Å²) >= 11 is 0. The van der Waals surface area contributed by atoms with Crippen LogP contribution in [-0.4, -0.2) is 61.0 Å². The highest BCUT2D eigenvalue weighted by molar-refractivity contribution is 5.92. The molecule has 0 aromatic carbocycles. The molecule has 2 aliphatic carbocycles. The maximum Gasteiger partial charge on any atom is 0.234 e. The van der Waals surface area contributed by atoms with E-state index in [0.717, 1.165) is 88.2 Å². The number of carbonyl (C=O) groups excluding carboxylic acids is 1. The maximum absolute atomic E-state index is 14.2. The Bertz CT molecular complexity index is 878. The molecule has 0 bridgehead atoms. The van der Waals surface area contributed by atoms with Gasteiger partial charge in [0.15, 0.2) is 0 Å². The van der Waals surface area contributed by atoms with Crippen molar-refractivity contribution in [2.24, 2.45) is 16.1 Å². The summed E-state index contributed by atoms with van der Waals surface area (Å²) in [5.74, 6) is 1.05. The molecule has 4 rings (SSSR count). The van der Waals surface area contributed by atoms with Gasteiger partial charge in [-0.15, -0.1) is 0 Å². The van der Waals surface area contributed by atoms with Gasteiger partial charge in [-0.05, 0) is 57.4 Å². The van der Waals surface area contributed by atoms with Crippen molar-refractivity contribution in [2.75, 3.05) is 43.1 Å². The molecular formula is C28H45N7O. The fourth-order valence-electron chi connectivity index (χ4n) is 6.09. The standard InChI is InChI=1S/C28H45N7O/c1-23(19-29)18-28(12-6-2-3-7-13-28)27(36)35(24-8-4-5-9-24)22-31-21-33-26-11-10-25(20-32-26)34-16-14-30-15-17-34/h10-11,19-20,22,24,30H,2-9,12-18,21,29H2,1H3,(H,32,33)/b23-19+,31-22+. The average Bonchev–Trinajstić information content (AvgIpc) is 3.35. The maximum atomic E-state index is 14.2. The molecule has 0 atom stereocenters. The van der Waals surface area contributed by atoms with Crippen LogP contribution in [-0.2, 0) is 4.79 Å². The number of allylic oxidation sites excluding steroid dienone is 1. The van der Waals surface area contributed by atoms with Crippen LogP contribution >= 0.6 is 0 Å². The van der Waals surface area contributed by atoms with Crippen LogP contribution in [0.15, 0.2) is 35.1 Å². The third-order valence-corrected chi connectivity index (χ3v) is 8.16. The van der Waals surface area contributed by atoms with Crippen molar-refractivity contribution in [1.82, 2.24) is 15.2 Å². The SMILES string of the molecule is C/C(=C\N)CC1(C(=O)N(/C=N/CNc2ccc(N3CCNCC3)cn2)C2CCCC2)CCCCCC1. The number of amides is 1. The molecule has 2 saturated carbocycles. The quantitative estimate of drug-likeness (QED) is 0.269. The van der Waals surface area contributed by atoms with E-state index < -0.39 is 0 Å². The van der Waals surface area contributed by atoms with E-state index in [4.69, 9.17) is 5.73 Å². The van der Waals surface area contributed by atoms with Gasteiger partial charge in [0.2, 0.25) is 5.91 Å². The van der Waals surface area contributed by atoms with E-state index in [1.165, 1.54) is 25.7 Å². The minimum atomic E-state index is -0.361. The predicted molar refractivity (Wildman–Crippen MR) is 148 cm³/mol. The number of hydrogen-bond donors (Lipinski definition) is 3. The Labute approximate surface area is 216 Å². The van der Waals surface area contributed by atoms with Gasteiger partial charge < -0.3 is 21.3 Å². The number of hydrogen-bond acceptors (Lipinski definition) is 7. The number of nitrogens with zero attached hydrogens (tertiary/aromatic N) is 4. The predicted octanol–water partition coefficient (Wildman–Crippen LogP) is 4.25. The van der Waals surface area contributed by atoms with Crippen LogP contribution in [0.1, 0.15) is 77.6 Å². The van der Waals surface area contributed by atoms with Crippen molar-refractivity contribution in [2.45, 2.75) is 83.6 Å². The number of carbonyl (C=O) groups is 1. The monoisotopic (exact) mass is 495 g/mol. The highest BCUT2D eigenvalue weighted by atomic mass is 16.2. The molecule has 4 N–H and O–H groups in total. The molecule has 36 heavy (non-hydrogen) atoms. The molecule has 0 unspecified atom stereocenters. The summed E-state index contributed by atoms with van der Waals surface area (Å²) < 4.78 is 0. The normalized spacial score (nSPS) is 21.5. The summed E-state index contributed by atoms with van der Waals surface area (Å²) in [7, 11) is 0. The second-order valence-electron chi connectivity index (χ2n) is 10.8. The minimum Gasteiger partial charge on any atom is -0.405 e. The van der Waals surface area contributed by atoms with Crippen LogP contribution in [0.2, 0.25) is 0 Å². The first kappa shape index (κ1) is 26.5. The zero-order valence-electron chi connectivity index (χ0n) is 22.1. The summed E-state index contributed by atoms with van der Waals surface area (Å²) in [5.41, 5.74) is 7.75. The molecule has 1 amide bonds. The smallest absolute Gasteiger partial charge is 0.234 e. The number of aromatic nitrogens is 1. The van der Waals surface area contributed by atoms with E-state index in [9.17, 15) is 4.79 Å². The van der Waals surface area contributed by atoms with Gasteiger partial charge in [-0.2, -0.15) is 0 Å². The van der Waals surface area contributed by atoms with Gasteiger partial charge in [-0.1, -0.05) is 44.1 Å². The van der Waals surface area contributed by atoms with Crippen molar-refractivity contribution in [3.63, 3.8) is 0 Å². The first-order valence-electron chi connectivity index (χ1n) is 14.0. The van der Waals surface area contributed by atoms with Crippen molar-refractivity contribution in [1.29, 1.82) is 0 Å². The Kier molecular flexibility index (Phi) is 9.61. The van der Waals surface area contributed by atoms with Crippen molar-refractivity contribution < 1.29 is 4.79 Å². The Morgan fingerprint density at radius 3 is 2.56 bits per heavy atom. The zero-order valence-corrected chi connectivity index (χ0v) is 22.1. The Morgan fingerprint density at radius 1 is 1.19 bits per heavy atom. The van der Waals surface area contributed by atoms with Gasteiger partial charge >= 0.3 is 0 Å². The van der Waals surface area contributed by atoms with E-state index in [0.29, 0.717) is 6.67 Å². The van der Waals surface area contributed by atoms with Crippen molar-refractivity contribution in [3.05, 3.63) is 30.1 Å². The molecule has 2 heterocycles. The molecule has 198 valence electrons. The molecule has 8 nitrogen and oxygen atoms in total. The Hall–Kier alpha value is -2.61. The number of aliphatic imine (C=N–C) groups is 1. The molecule has 0 spiro atoms. The summed E-state index contributed by atoms with van der Waals surface area (Å²) in [6.07, 6.45) is 17.2. The highest BCUT2D eigenvalue weighted by Gasteiger charge is 2.43. The third kappa shape index (κ3) is 6.78. The van der Waals surface area contributed by atoms with E-state index >= 15 is 0 Å². The van der Waals surface area contributed by atoms with E-state index in [1.807, 2.05) is 23.5 Å². The molecule has 1 aromatic rings. The Balaban J connectivity index is 1.42. The number of anilines is 2. The average molecular weight is 496 g/mol. The lowest BCUT2D eigenvalue weighted by Gasteiger charge is -2.38. The molecule has 1 saturated heterocycles. The van der Waals surface area contributed by atoms with Gasteiger partial charge in [0.1, 0.15) is 12.5 Å². The molecule has 1 aliphatic heterocycles. The molecular weight excluding hydrogens is 450 g/mol. The van der Waals surface area contributed by atoms with Crippen LogP contribution in [0.3, 0.4) is 0 Å². The first-order chi connectivity index (χ1) is 17.6. The van der Waals surface area contributed by atoms with E-state index in [1.54, 1.807) is 6.20 Å². The first-order valence-corrected chi connectivity index (χ1v) is 14.0. The minimum absolute atomic E-state index is 0.250. The van der Waals surface area contributed by atoms with Crippen LogP contribution in [0.5, 0.6) is 0 Å². The van der Waals surface area contributed by atoms with E-state index in [-0.39, 0.29) is 17.4 Å². The van der Waals surface area contributed by atoms with Crippen LogP contribution in [0, 0.1) is 5.41 Å². The summed E-state index contributed by atoms with van der Waals surface area (Å²) in [6, 6.07) is 4.37. The Morgan fingerprint density at radius 2 is 1.92 bits per heavy atom. The van der Waals surface area contributed by atoms with Gasteiger partial charge in [-0.25, -0.2) is 4.98 Å². The summed E-state index contributed by atoms with van der Waals surface area (Å²) in [4.78, 5) is 27.8. The number of nitrogens with one attached hydrogen (secondary N) is 2. The molecule has 3 aliphatic rings. The molecule has 3 fully saturated rings. The zero-order chi connectivity index (χ0) is 25.2. The van der Waals surface area contributed by atoms with Crippen molar-refractivity contribution >= 4 is 23.8 Å². The number of rotatable bonds is 9. The second kappa shape index (κ2) is 13.1. The topological polar surface area (TPSA) is 98.9 Å². The fraction of sp³-hybridized carbons (Fsp3) is 0.679. The number of nitrogens with two attached hydrogens (primary N) is 1. The highest BCUT2D eigenvalue weighted by Crippen LogP contribution is 2.43. The van der Waals surface area contributed by atoms with Crippen LogP contribution < -0.4 is 21.3 Å². The molecule has 0 radical (unpaired) electrons. The van der Waals surface area contributed by atoms with Gasteiger partial charge in [0.05, 0.1) is 23.6 Å². The summed E-state index contributed by atoms with van der Waals surface area (Å²) in [6.45, 7) is 6.48. The summed E-state index contributed by atoms with van der Waals surface area (Å²) in [5, 5.41) is 6.68. The van der Waals surface area contributed by atoms with Crippen molar-refractivity contribution in [3.8, 4) is 0 Å². The lowest BCUT2D eigenvalue weighted by molar-refractivity contribution is -0.140.